The molecule has 0 unspecified atom stereocenters. The fourth-order valence-electron chi connectivity index (χ4n) is 3.24. The first-order chi connectivity index (χ1) is 12.2. The van der Waals surface area contributed by atoms with E-state index in [1.807, 2.05) is 60.7 Å². The van der Waals surface area contributed by atoms with Gasteiger partial charge in [-0.2, -0.15) is 0 Å². The lowest BCUT2D eigenvalue weighted by atomic mass is 10.0. The second-order valence-electron chi connectivity index (χ2n) is 5.95. The van der Waals surface area contributed by atoms with Gasteiger partial charge in [0.05, 0.1) is 5.56 Å². The molecule has 0 bridgehead atoms. The van der Waals surface area contributed by atoms with Gasteiger partial charge in [0, 0.05) is 29.3 Å². The fourth-order valence-corrected chi connectivity index (χ4v) is 3.24. The number of anilines is 1. The highest BCUT2D eigenvalue weighted by Crippen LogP contribution is 2.35. The monoisotopic (exact) mass is 333 g/mol. The van der Waals surface area contributed by atoms with Gasteiger partial charge < -0.3 is 10.1 Å². The van der Waals surface area contributed by atoms with Gasteiger partial charge >= 0.3 is 0 Å². The molecule has 0 amide bonds. The molecule has 1 heterocycles. The molecule has 0 spiro atoms. The molecule has 0 radical (unpaired) electrons. The van der Waals surface area contributed by atoms with E-state index in [0.29, 0.717) is 5.69 Å². The number of benzene rings is 2. The molecule has 1 aromatic heterocycles. The first kappa shape index (κ1) is 17.0. The van der Waals surface area contributed by atoms with Crippen LogP contribution in [0.1, 0.15) is 19.4 Å². The van der Waals surface area contributed by atoms with E-state index in [0.717, 1.165) is 46.0 Å². The molecule has 0 atom stereocenters. The smallest absolute Gasteiger partial charge is 0.275 e. The molecule has 0 saturated carbocycles. The molecule has 0 saturated heterocycles. The molecular weight excluding hydrogens is 310 g/mol. The summed E-state index contributed by atoms with van der Waals surface area (Å²) in [5, 5.41) is 17.3. The molecule has 0 aliphatic heterocycles. The van der Waals surface area contributed by atoms with Crippen molar-refractivity contribution >= 4 is 5.69 Å². The molecule has 25 heavy (non-hydrogen) atoms. The van der Waals surface area contributed by atoms with Crippen LogP contribution in [-0.4, -0.2) is 18.2 Å². The maximum Gasteiger partial charge on any atom is 0.275 e. The van der Waals surface area contributed by atoms with Crippen LogP contribution in [0.4, 0.5) is 5.69 Å². The second-order valence-corrected chi connectivity index (χ2v) is 5.95. The predicted octanol–water partition coefficient (Wildman–Crippen LogP) is 4.20. The van der Waals surface area contributed by atoms with Gasteiger partial charge in [-0.05, 0) is 37.7 Å². The third-order valence-electron chi connectivity index (χ3n) is 4.49. The fraction of sp³-hybridized carbons (Fsp3) is 0.238. The molecule has 0 aliphatic carbocycles. The average Bonchev–Trinajstić information content (AvgIpc) is 2.66. The van der Waals surface area contributed by atoms with Crippen molar-refractivity contribution in [2.75, 3.05) is 18.0 Å². The summed E-state index contributed by atoms with van der Waals surface area (Å²) in [4.78, 5) is 3.00. The second kappa shape index (κ2) is 7.34. The zero-order valence-corrected chi connectivity index (χ0v) is 14.9. The number of aromatic nitrogens is 2. The summed E-state index contributed by atoms with van der Waals surface area (Å²) in [5.74, 6) is 0. The van der Waals surface area contributed by atoms with Crippen LogP contribution < -0.4 is 9.75 Å². The Hall–Kier alpha value is -2.88. The lowest BCUT2D eigenvalue weighted by molar-refractivity contribution is -0.656. The van der Waals surface area contributed by atoms with Crippen LogP contribution in [0.2, 0.25) is 0 Å². The predicted molar refractivity (Wildman–Crippen MR) is 102 cm³/mol. The summed E-state index contributed by atoms with van der Waals surface area (Å²) in [6.45, 7) is 7.92. The molecule has 2 aromatic carbocycles. The van der Waals surface area contributed by atoms with Crippen molar-refractivity contribution in [3.63, 3.8) is 0 Å². The minimum Gasteiger partial charge on any atom is -0.594 e. The van der Waals surface area contributed by atoms with E-state index >= 15 is 0 Å². The Balaban J connectivity index is 2.31. The SMILES string of the molecule is CCN(CC)c1c(C)c(-c2ccccc2)n[n+]([O-])c1-c1ccccc1. The van der Waals surface area contributed by atoms with Crippen molar-refractivity contribution in [1.82, 2.24) is 5.10 Å². The standard InChI is InChI=1S/C21H23N3O/c1-4-23(5-2)20-16(3)19(17-12-8-6-9-13-17)22-24(25)21(20)18-14-10-7-11-15-18/h6-15H,4-5H2,1-3H3. The quantitative estimate of drug-likeness (QED) is 0.519. The van der Waals surface area contributed by atoms with Crippen LogP contribution >= 0.6 is 0 Å². The van der Waals surface area contributed by atoms with Crippen LogP contribution in [0.25, 0.3) is 22.5 Å². The van der Waals surface area contributed by atoms with Crippen molar-refractivity contribution in [2.45, 2.75) is 20.8 Å². The largest absolute Gasteiger partial charge is 0.594 e. The average molecular weight is 333 g/mol. The molecule has 0 N–H and O–H groups in total. The lowest BCUT2D eigenvalue weighted by Crippen LogP contribution is -2.38. The first-order valence-corrected chi connectivity index (χ1v) is 8.67. The molecule has 4 nitrogen and oxygen atoms in total. The molecule has 4 heteroatoms. The summed E-state index contributed by atoms with van der Waals surface area (Å²) >= 11 is 0. The van der Waals surface area contributed by atoms with Crippen LogP contribution in [0.15, 0.2) is 60.7 Å². The molecule has 0 fully saturated rings. The topological polar surface area (TPSA) is 43.1 Å². The maximum absolute atomic E-state index is 12.9. The van der Waals surface area contributed by atoms with Gasteiger partial charge in [0.1, 0.15) is 11.4 Å². The van der Waals surface area contributed by atoms with Crippen LogP contribution in [0.3, 0.4) is 0 Å². The Labute approximate surface area is 148 Å². The van der Waals surface area contributed by atoms with E-state index in [2.05, 4.69) is 30.8 Å². The van der Waals surface area contributed by atoms with Gasteiger partial charge in [0.2, 0.25) is 0 Å². The van der Waals surface area contributed by atoms with E-state index < -0.39 is 0 Å². The van der Waals surface area contributed by atoms with Gasteiger partial charge in [-0.25, -0.2) is 0 Å². The van der Waals surface area contributed by atoms with Crippen molar-refractivity contribution in [1.29, 1.82) is 0 Å². The maximum atomic E-state index is 12.9. The first-order valence-electron chi connectivity index (χ1n) is 8.67. The number of hydrogen-bond donors (Lipinski definition) is 0. The highest BCUT2D eigenvalue weighted by Gasteiger charge is 2.26. The summed E-state index contributed by atoms with van der Waals surface area (Å²) < 4.78 is 0. The summed E-state index contributed by atoms with van der Waals surface area (Å²) in [5.41, 5.74) is 5.17. The highest BCUT2D eigenvalue weighted by molar-refractivity contribution is 5.80. The molecular formula is C21H23N3O. The Morgan fingerprint density at radius 2 is 1.40 bits per heavy atom. The van der Waals surface area contributed by atoms with E-state index in [1.54, 1.807) is 0 Å². The number of rotatable bonds is 5. The van der Waals surface area contributed by atoms with E-state index in [9.17, 15) is 5.21 Å². The van der Waals surface area contributed by atoms with Crippen LogP contribution in [0.5, 0.6) is 0 Å². The van der Waals surface area contributed by atoms with Gasteiger partial charge in [-0.1, -0.05) is 48.5 Å². The zero-order valence-electron chi connectivity index (χ0n) is 14.9. The van der Waals surface area contributed by atoms with Crippen LogP contribution in [0, 0.1) is 12.1 Å². The minimum atomic E-state index is 0.612. The number of nitrogens with zero attached hydrogens (tertiary/aromatic N) is 3. The summed E-state index contributed by atoms with van der Waals surface area (Å²) in [6, 6.07) is 19.6. The summed E-state index contributed by atoms with van der Waals surface area (Å²) in [7, 11) is 0. The van der Waals surface area contributed by atoms with Gasteiger partial charge in [-0.3, -0.25) is 0 Å². The molecule has 3 aromatic rings. The van der Waals surface area contributed by atoms with Crippen molar-refractivity contribution in [3.05, 3.63) is 71.4 Å². The Morgan fingerprint density at radius 1 is 0.880 bits per heavy atom. The lowest BCUT2D eigenvalue weighted by Gasteiger charge is -2.25. The zero-order chi connectivity index (χ0) is 17.8. The van der Waals surface area contributed by atoms with Gasteiger partial charge in [0.15, 0.2) is 0 Å². The van der Waals surface area contributed by atoms with Crippen LogP contribution in [-0.2, 0) is 0 Å². The normalized spacial score (nSPS) is 10.7. The van der Waals surface area contributed by atoms with Gasteiger partial charge in [-0.15, -0.1) is 0 Å². The van der Waals surface area contributed by atoms with E-state index in [4.69, 9.17) is 0 Å². The minimum absolute atomic E-state index is 0.612. The Bertz CT molecular complexity index is 844. The van der Waals surface area contributed by atoms with Crippen molar-refractivity contribution < 1.29 is 4.85 Å². The van der Waals surface area contributed by atoms with E-state index in [1.165, 1.54) is 0 Å². The molecule has 128 valence electrons. The van der Waals surface area contributed by atoms with E-state index in [-0.39, 0.29) is 0 Å². The van der Waals surface area contributed by atoms with Crippen molar-refractivity contribution in [2.24, 2.45) is 0 Å². The molecule has 0 aliphatic rings. The highest BCUT2D eigenvalue weighted by atomic mass is 16.5. The van der Waals surface area contributed by atoms with Gasteiger partial charge in [0.25, 0.3) is 5.69 Å². The molecule has 3 rings (SSSR count). The third kappa shape index (κ3) is 3.20. The number of hydrogen-bond acceptors (Lipinski definition) is 3. The Kier molecular flexibility index (Phi) is 4.98. The Morgan fingerprint density at radius 3 is 1.92 bits per heavy atom. The third-order valence-corrected chi connectivity index (χ3v) is 4.49. The summed E-state index contributed by atoms with van der Waals surface area (Å²) in [6.07, 6.45) is 0. The van der Waals surface area contributed by atoms with Crippen molar-refractivity contribution in [3.8, 4) is 22.5 Å².